The Hall–Kier alpha value is -3.07. The molecule has 4 aromatic rings. The zero-order chi connectivity index (χ0) is 25.0. The zero-order valence-electron chi connectivity index (χ0n) is 20.5. The van der Waals surface area contributed by atoms with Crippen molar-refractivity contribution in [2.45, 2.75) is 43.8 Å². The quantitative estimate of drug-likeness (QED) is 0.375. The van der Waals surface area contributed by atoms with E-state index < -0.39 is 28.3 Å². The average molecular weight is 489 g/mol. The summed E-state index contributed by atoms with van der Waals surface area (Å²) in [5, 5.41) is 0.766. The van der Waals surface area contributed by atoms with Gasteiger partial charge in [-0.25, -0.2) is 12.4 Å². The van der Waals surface area contributed by atoms with Gasteiger partial charge in [-0.2, -0.15) is 0 Å². The first kappa shape index (κ1) is 23.7. The minimum atomic E-state index is -3.99. The Bertz CT molecular complexity index is 1480. The first-order valence-corrected chi connectivity index (χ1v) is 12.9. The summed E-state index contributed by atoms with van der Waals surface area (Å²) in [5.41, 5.74) is 1.38. The largest absolute Gasteiger partial charge is 0.497 e. The van der Waals surface area contributed by atoms with E-state index in [2.05, 4.69) is 0 Å². The highest BCUT2D eigenvalue weighted by Crippen LogP contribution is 2.40. The van der Waals surface area contributed by atoms with E-state index in [-0.39, 0.29) is 4.90 Å². The lowest BCUT2D eigenvalue weighted by molar-refractivity contribution is 0.00578. The molecule has 8 heteroatoms. The molecule has 1 aromatic heterocycles. The van der Waals surface area contributed by atoms with Crippen LogP contribution in [0.5, 0.6) is 5.75 Å². The zero-order valence-corrected chi connectivity index (χ0v) is 21.3. The van der Waals surface area contributed by atoms with Gasteiger partial charge in [0.2, 0.25) is 0 Å². The molecule has 0 aliphatic carbocycles. The number of hydrogen-bond acceptors (Lipinski definition) is 5. The Kier molecular flexibility index (Phi) is 5.58. The minimum absolute atomic E-state index is 0.164. The van der Waals surface area contributed by atoms with Crippen molar-refractivity contribution in [3.8, 4) is 17.0 Å². The number of para-hydroxylation sites is 1. The molecule has 2 heterocycles. The summed E-state index contributed by atoms with van der Waals surface area (Å²) in [6, 6.07) is 23.4. The fraction of sp³-hybridized carbons (Fsp3) is 0.259. The SMILES string of the molecule is COc1ccc(S(=O)(=O)n2c(-c3ccccc3)c(B3OC(C)(C)C(C)(C)O3)c3ccccc32)cc1. The van der Waals surface area contributed by atoms with E-state index in [0.29, 0.717) is 22.4 Å². The normalized spacial score (nSPS) is 17.1. The second-order valence-corrected chi connectivity index (χ2v) is 11.5. The van der Waals surface area contributed by atoms with Crippen LogP contribution < -0.4 is 10.2 Å². The van der Waals surface area contributed by atoms with E-state index in [1.807, 2.05) is 82.3 Å². The topological polar surface area (TPSA) is 66.8 Å². The van der Waals surface area contributed by atoms with Crippen LogP contribution in [0, 0.1) is 0 Å². The van der Waals surface area contributed by atoms with E-state index in [4.69, 9.17) is 14.0 Å². The highest BCUT2D eigenvalue weighted by molar-refractivity contribution is 7.90. The summed E-state index contributed by atoms with van der Waals surface area (Å²) in [7, 11) is -3.18. The summed E-state index contributed by atoms with van der Waals surface area (Å²) >= 11 is 0. The van der Waals surface area contributed by atoms with Crippen LogP contribution in [0.2, 0.25) is 0 Å². The number of methoxy groups -OCH3 is 1. The van der Waals surface area contributed by atoms with E-state index in [0.717, 1.165) is 10.9 Å². The van der Waals surface area contributed by atoms with Crippen LogP contribution in [0.25, 0.3) is 22.2 Å². The number of rotatable bonds is 5. The molecule has 180 valence electrons. The van der Waals surface area contributed by atoms with Crippen molar-refractivity contribution >= 4 is 33.5 Å². The number of aromatic nitrogens is 1. The Morgan fingerprint density at radius 3 is 1.97 bits per heavy atom. The van der Waals surface area contributed by atoms with Gasteiger partial charge < -0.3 is 14.0 Å². The Labute approximate surface area is 206 Å². The summed E-state index contributed by atoms with van der Waals surface area (Å²) in [4.78, 5) is 0.164. The molecule has 5 rings (SSSR count). The van der Waals surface area contributed by atoms with Crippen LogP contribution in [0.3, 0.4) is 0 Å². The van der Waals surface area contributed by atoms with Crippen molar-refractivity contribution in [2.24, 2.45) is 0 Å². The third-order valence-electron chi connectivity index (χ3n) is 7.01. The Morgan fingerprint density at radius 1 is 0.800 bits per heavy atom. The van der Waals surface area contributed by atoms with Crippen LogP contribution in [0.1, 0.15) is 27.7 Å². The lowest BCUT2D eigenvalue weighted by Crippen LogP contribution is -2.41. The molecule has 0 amide bonds. The predicted molar refractivity (Wildman–Crippen MR) is 139 cm³/mol. The molecular formula is C27H28BNO5S. The van der Waals surface area contributed by atoms with Crippen molar-refractivity contribution in [2.75, 3.05) is 7.11 Å². The maximum Gasteiger partial charge on any atom is 0.497 e. The predicted octanol–water partition coefficient (Wildman–Crippen LogP) is 4.85. The lowest BCUT2D eigenvalue weighted by atomic mass is 9.75. The molecule has 0 saturated carbocycles. The van der Waals surface area contributed by atoms with Crippen LogP contribution in [0.15, 0.2) is 83.8 Å². The van der Waals surface area contributed by atoms with Crippen LogP contribution >= 0.6 is 0 Å². The van der Waals surface area contributed by atoms with E-state index in [9.17, 15) is 8.42 Å². The van der Waals surface area contributed by atoms with Crippen molar-refractivity contribution in [1.82, 2.24) is 3.97 Å². The highest BCUT2D eigenvalue weighted by atomic mass is 32.2. The van der Waals surface area contributed by atoms with Gasteiger partial charge in [-0.3, -0.25) is 0 Å². The summed E-state index contributed by atoms with van der Waals surface area (Å²) in [6.07, 6.45) is 0. The van der Waals surface area contributed by atoms with Crippen molar-refractivity contribution < 1.29 is 22.5 Å². The molecular weight excluding hydrogens is 461 g/mol. The molecule has 1 aliphatic rings. The smallest absolute Gasteiger partial charge is 0.497 e. The monoisotopic (exact) mass is 489 g/mol. The number of benzene rings is 3. The third-order valence-corrected chi connectivity index (χ3v) is 8.73. The third kappa shape index (κ3) is 3.77. The Balaban J connectivity index is 1.84. The van der Waals surface area contributed by atoms with Gasteiger partial charge >= 0.3 is 7.12 Å². The summed E-state index contributed by atoms with van der Waals surface area (Å²) in [5.74, 6) is 0.586. The molecule has 0 radical (unpaired) electrons. The molecule has 1 aliphatic heterocycles. The molecule has 35 heavy (non-hydrogen) atoms. The fourth-order valence-corrected chi connectivity index (χ4v) is 5.96. The molecule has 6 nitrogen and oxygen atoms in total. The summed E-state index contributed by atoms with van der Waals surface area (Å²) in [6.45, 7) is 7.95. The molecule has 0 spiro atoms. The van der Waals surface area contributed by atoms with Crippen LogP contribution in [-0.2, 0) is 19.3 Å². The van der Waals surface area contributed by atoms with Crippen molar-refractivity contribution in [1.29, 1.82) is 0 Å². The molecule has 0 atom stereocenters. The van der Waals surface area contributed by atoms with Gasteiger partial charge in [-0.1, -0.05) is 48.5 Å². The van der Waals surface area contributed by atoms with E-state index in [1.165, 1.54) is 3.97 Å². The number of nitrogens with zero attached hydrogens (tertiary/aromatic N) is 1. The van der Waals surface area contributed by atoms with E-state index in [1.54, 1.807) is 31.4 Å². The van der Waals surface area contributed by atoms with Crippen molar-refractivity contribution in [3.05, 3.63) is 78.9 Å². The second kappa shape index (κ2) is 8.26. The summed E-state index contributed by atoms with van der Waals surface area (Å²) < 4.78 is 47.8. The highest BCUT2D eigenvalue weighted by Gasteiger charge is 2.53. The van der Waals surface area contributed by atoms with Gasteiger partial charge in [-0.05, 0) is 63.6 Å². The van der Waals surface area contributed by atoms with Gasteiger partial charge in [0.25, 0.3) is 10.0 Å². The Morgan fingerprint density at radius 2 is 1.37 bits per heavy atom. The van der Waals surface area contributed by atoms with Gasteiger partial charge in [0.1, 0.15) is 5.75 Å². The fourth-order valence-electron chi connectivity index (χ4n) is 4.41. The average Bonchev–Trinajstić information content (AvgIpc) is 3.30. The molecule has 0 N–H and O–H groups in total. The second-order valence-electron chi connectivity index (χ2n) is 9.68. The van der Waals surface area contributed by atoms with E-state index >= 15 is 0 Å². The molecule has 3 aromatic carbocycles. The molecule has 1 fully saturated rings. The minimum Gasteiger partial charge on any atom is -0.497 e. The number of ether oxygens (including phenoxy) is 1. The maximum atomic E-state index is 14.2. The first-order chi connectivity index (χ1) is 16.6. The van der Waals surface area contributed by atoms with Crippen LogP contribution in [-0.4, -0.2) is 37.8 Å². The number of hydrogen-bond donors (Lipinski definition) is 0. The van der Waals surface area contributed by atoms with Gasteiger partial charge in [0.15, 0.2) is 0 Å². The van der Waals surface area contributed by atoms with Gasteiger partial charge in [-0.15, -0.1) is 0 Å². The lowest BCUT2D eigenvalue weighted by Gasteiger charge is -2.32. The van der Waals surface area contributed by atoms with Crippen molar-refractivity contribution in [3.63, 3.8) is 0 Å². The standard InChI is InChI=1S/C27H28BNO5S/c1-26(2)27(3,4)34-28(33-26)24-22-13-9-10-14-23(22)29(25(24)19-11-7-6-8-12-19)35(30,31)21-17-15-20(32-5)16-18-21/h6-18H,1-5H3. The molecule has 0 unspecified atom stereocenters. The van der Waals surface area contributed by atoms with Gasteiger partial charge in [0, 0.05) is 10.8 Å². The first-order valence-electron chi connectivity index (χ1n) is 11.5. The van der Waals surface area contributed by atoms with Crippen LogP contribution in [0.4, 0.5) is 0 Å². The molecule has 0 bridgehead atoms. The maximum absolute atomic E-state index is 14.2. The number of fused-ring (bicyclic) bond motifs is 1. The van der Waals surface area contributed by atoms with Gasteiger partial charge in [0.05, 0.1) is 34.4 Å². The molecule has 1 saturated heterocycles.